The van der Waals surface area contributed by atoms with E-state index in [1.54, 1.807) is 11.0 Å². The summed E-state index contributed by atoms with van der Waals surface area (Å²) in [4.78, 5) is 25.4. The van der Waals surface area contributed by atoms with Crippen LogP contribution in [0.15, 0.2) is 18.2 Å². The van der Waals surface area contributed by atoms with Crippen LogP contribution in [0.5, 0.6) is 0 Å². The molecule has 1 heterocycles. The van der Waals surface area contributed by atoms with Crippen LogP contribution in [0.3, 0.4) is 0 Å². The Morgan fingerprint density at radius 3 is 2.80 bits per heavy atom. The van der Waals surface area contributed by atoms with E-state index in [0.29, 0.717) is 43.7 Å². The zero-order valence-corrected chi connectivity index (χ0v) is 11.4. The summed E-state index contributed by atoms with van der Waals surface area (Å²) in [6.45, 7) is 0.520. The van der Waals surface area contributed by atoms with Crippen LogP contribution in [-0.2, 0) is 16.0 Å². The van der Waals surface area contributed by atoms with Crippen molar-refractivity contribution in [1.29, 1.82) is 0 Å². The molecule has 0 radical (unpaired) electrons. The first-order chi connectivity index (χ1) is 9.65. The number of hydrogen-bond acceptors (Lipinski definition) is 2. The van der Waals surface area contributed by atoms with E-state index in [4.69, 9.17) is 0 Å². The maximum Gasteiger partial charge on any atom is 0.227 e. The largest absolute Gasteiger partial charge is 0.312 e. The number of hydrogen-bond donors (Lipinski definition) is 0. The second kappa shape index (κ2) is 5.35. The molecule has 0 N–H and O–H groups in total. The second-order valence-electron chi connectivity index (χ2n) is 5.66. The monoisotopic (exact) mass is 275 g/mol. The summed E-state index contributed by atoms with van der Waals surface area (Å²) >= 11 is 0. The first-order valence-corrected chi connectivity index (χ1v) is 7.26. The first-order valence-electron chi connectivity index (χ1n) is 7.26. The molecule has 4 heteroatoms. The predicted molar refractivity (Wildman–Crippen MR) is 74.0 cm³/mol. The molecule has 1 saturated carbocycles. The van der Waals surface area contributed by atoms with Gasteiger partial charge in [0.2, 0.25) is 5.91 Å². The SMILES string of the molecule is O=C1CCCC1CCN1C(=O)CCc2ccc(F)cc21. The van der Waals surface area contributed by atoms with Crippen LogP contribution in [0.2, 0.25) is 0 Å². The quantitative estimate of drug-likeness (QED) is 0.850. The number of carbonyl (C=O) groups excluding carboxylic acids is 2. The van der Waals surface area contributed by atoms with Crippen molar-refractivity contribution in [3.63, 3.8) is 0 Å². The standard InChI is InChI=1S/C16H18FNO2/c17-13-6-4-11-5-7-16(20)18(14(11)10-13)9-8-12-2-1-3-15(12)19/h4,6,10,12H,1-3,5,7-9H2. The van der Waals surface area contributed by atoms with Crippen LogP contribution in [0, 0.1) is 11.7 Å². The molecule has 3 nitrogen and oxygen atoms in total. The van der Waals surface area contributed by atoms with E-state index in [2.05, 4.69) is 0 Å². The highest BCUT2D eigenvalue weighted by Gasteiger charge is 2.28. The van der Waals surface area contributed by atoms with Crippen molar-refractivity contribution in [2.24, 2.45) is 5.92 Å². The van der Waals surface area contributed by atoms with Gasteiger partial charge in [-0.1, -0.05) is 6.07 Å². The van der Waals surface area contributed by atoms with Gasteiger partial charge in [0.15, 0.2) is 0 Å². The molecule has 0 saturated heterocycles. The number of benzene rings is 1. The highest BCUT2D eigenvalue weighted by atomic mass is 19.1. The molecule has 3 rings (SSSR count). The van der Waals surface area contributed by atoms with Crippen molar-refractivity contribution >= 4 is 17.4 Å². The van der Waals surface area contributed by atoms with Gasteiger partial charge in [-0.05, 0) is 43.4 Å². The van der Waals surface area contributed by atoms with Crippen LogP contribution >= 0.6 is 0 Å². The van der Waals surface area contributed by atoms with Gasteiger partial charge in [-0.25, -0.2) is 4.39 Å². The van der Waals surface area contributed by atoms with E-state index < -0.39 is 0 Å². The van der Waals surface area contributed by atoms with Crippen LogP contribution in [-0.4, -0.2) is 18.2 Å². The zero-order chi connectivity index (χ0) is 14.1. The summed E-state index contributed by atoms with van der Waals surface area (Å²) in [5.74, 6) is 0.115. The summed E-state index contributed by atoms with van der Waals surface area (Å²) in [7, 11) is 0. The zero-order valence-electron chi connectivity index (χ0n) is 11.4. The molecular weight excluding hydrogens is 257 g/mol. The van der Waals surface area contributed by atoms with E-state index in [-0.39, 0.29) is 17.6 Å². The van der Waals surface area contributed by atoms with Crippen molar-refractivity contribution < 1.29 is 14.0 Å². The average Bonchev–Trinajstić information content (AvgIpc) is 2.83. The maximum absolute atomic E-state index is 13.4. The maximum atomic E-state index is 13.4. The fourth-order valence-electron chi connectivity index (χ4n) is 3.23. The van der Waals surface area contributed by atoms with Crippen molar-refractivity contribution in [2.45, 2.75) is 38.5 Å². The topological polar surface area (TPSA) is 37.4 Å². The highest BCUT2D eigenvalue weighted by molar-refractivity contribution is 5.96. The third-order valence-electron chi connectivity index (χ3n) is 4.38. The second-order valence-corrected chi connectivity index (χ2v) is 5.66. The summed E-state index contributed by atoms with van der Waals surface area (Å²) in [5.41, 5.74) is 1.70. The lowest BCUT2D eigenvalue weighted by molar-refractivity contribution is -0.121. The Labute approximate surface area is 117 Å². The van der Waals surface area contributed by atoms with Crippen molar-refractivity contribution in [1.82, 2.24) is 0 Å². The molecule has 0 bridgehead atoms. The number of nitrogens with zero attached hydrogens (tertiary/aromatic N) is 1. The van der Waals surface area contributed by atoms with Crippen LogP contribution in [0.4, 0.5) is 10.1 Å². The van der Waals surface area contributed by atoms with Gasteiger partial charge in [-0.2, -0.15) is 0 Å². The molecule has 1 aliphatic carbocycles. The first kappa shape index (κ1) is 13.3. The Hall–Kier alpha value is -1.71. The molecular formula is C16H18FNO2. The molecule has 1 fully saturated rings. The molecule has 1 aromatic carbocycles. The van der Waals surface area contributed by atoms with Gasteiger partial charge in [0.05, 0.1) is 0 Å². The van der Waals surface area contributed by atoms with E-state index in [0.717, 1.165) is 18.4 Å². The smallest absolute Gasteiger partial charge is 0.227 e. The van der Waals surface area contributed by atoms with E-state index in [9.17, 15) is 14.0 Å². The van der Waals surface area contributed by atoms with Crippen LogP contribution in [0.1, 0.15) is 37.7 Å². The third kappa shape index (κ3) is 2.47. The molecule has 1 amide bonds. The molecule has 1 unspecified atom stereocenters. The number of carbonyl (C=O) groups is 2. The lowest BCUT2D eigenvalue weighted by Gasteiger charge is -2.30. The minimum absolute atomic E-state index is 0.0357. The Balaban J connectivity index is 1.77. The Kier molecular flexibility index (Phi) is 3.55. The van der Waals surface area contributed by atoms with E-state index in [1.807, 2.05) is 0 Å². The Morgan fingerprint density at radius 2 is 2.05 bits per heavy atom. The van der Waals surface area contributed by atoms with Gasteiger partial charge < -0.3 is 4.90 Å². The average molecular weight is 275 g/mol. The summed E-state index contributed by atoms with van der Waals surface area (Å²) in [5, 5.41) is 0. The summed E-state index contributed by atoms with van der Waals surface area (Å²) < 4.78 is 13.4. The minimum Gasteiger partial charge on any atom is -0.312 e. The number of anilines is 1. The van der Waals surface area contributed by atoms with Crippen LogP contribution in [0.25, 0.3) is 0 Å². The van der Waals surface area contributed by atoms with Gasteiger partial charge in [0, 0.05) is 31.0 Å². The number of aryl methyl sites for hydroxylation is 1. The van der Waals surface area contributed by atoms with Crippen LogP contribution < -0.4 is 4.90 Å². The van der Waals surface area contributed by atoms with Crippen molar-refractivity contribution in [3.8, 4) is 0 Å². The number of fused-ring (bicyclic) bond motifs is 1. The minimum atomic E-state index is -0.319. The Bertz CT molecular complexity index is 555. The van der Waals surface area contributed by atoms with Crippen molar-refractivity contribution in [3.05, 3.63) is 29.6 Å². The number of ketones is 1. The van der Waals surface area contributed by atoms with Gasteiger partial charge in [0.25, 0.3) is 0 Å². The molecule has 20 heavy (non-hydrogen) atoms. The van der Waals surface area contributed by atoms with Gasteiger partial charge >= 0.3 is 0 Å². The fourth-order valence-corrected chi connectivity index (χ4v) is 3.23. The lowest BCUT2D eigenvalue weighted by atomic mass is 9.98. The predicted octanol–water partition coefficient (Wildman–Crippen LogP) is 2.86. The molecule has 1 aromatic rings. The number of rotatable bonds is 3. The van der Waals surface area contributed by atoms with E-state index >= 15 is 0 Å². The molecule has 0 aromatic heterocycles. The number of Topliss-reactive ketones (excluding diaryl/α,β-unsaturated/α-hetero) is 1. The van der Waals surface area contributed by atoms with E-state index in [1.165, 1.54) is 12.1 Å². The summed E-state index contributed by atoms with van der Waals surface area (Å²) in [6, 6.07) is 4.63. The summed E-state index contributed by atoms with van der Waals surface area (Å²) in [6.07, 6.45) is 4.40. The van der Waals surface area contributed by atoms with Gasteiger partial charge in [0.1, 0.15) is 11.6 Å². The molecule has 106 valence electrons. The highest BCUT2D eigenvalue weighted by Crippen LogP contribution is 2.31. The normalized spacial score (nSPS) is 22.2. The molecule has 1 aliphatic heterocycles. The lowest BCUT2D eigenvalue weighted by Crippen LogP contribution is -2.37. The molecule has 1 atom stereocenters. The molecule has 2 aliphatic rings. The Morgan fingerprint density at radius 1 is 1.20 bits per heavy atom. The number of halogens is 1. The molecule has 0 spiro atoms. The van der Waals surface area contributed by atoms with Crippen molar-refractivity contribution in [2.75, 3.05) is 11.4 Å². The third-order valence-corrected chi connectivity index (χ3v) is 4.38. The number of amides is 1. The fraction of sp³-hybridized carbons (Fsp3) is 0.500. The van der Waals surface area contributed by atoms with Gasteiger partial charge in [-0.15, -0.1) is 0 Å². The van der Waals surface area contributed by atoms with Gasteiger partial charge in [-0.3, -0.25) is 9.59 Å².